The summed E-state index contributed by atoms with van der Waals surface area (Å²) in [6.45, 7) is 12.7. The Morgan fingerprint density at radius 3 is 2.36 bits per heavy atom. The zero-order chi connectivity index (χ0) is 34.4. The van der Waals surface area contributed by atoms with Crippen LogP contribution in [0.2, 0.25) is 0 Å². The number of hydrogen-bond acceptors (Lipinski definition) is 10. The number of ether oxygens (including phenoxy) is 4. The summed E-state index contributed by atoms with van der Waals surface area (Å²) in [6.07, 6.45) is -1.28. The van der Waals surface area contributed by atoms with Crippen LogP contribution in [0.25, 0.3) is 32.1 Å². The number of benzene rings is 2. The van der Waals surface area contributed by atoms with Gasteiger partial charge in [-0.05, 0) is 66.2 Å². The first kappa shape index (κ1) is 33.6. The topological polar surface area (TPSA) is 136 Å². The second-order valence-corrected chi connectivity index (χ2v) is 14.1. The molecule has 47 heavy (non-hydrogen) atoms. The minimum atomic E-state index is -0.818. The van der Waals surface area contributed by atoms with Crippen molar-refractivity contribution in [3.8, 4) is 29.1 Å². The number of hydrogen-bond donors (Lipinski definition) is 1. The first-order chi connectivity index (χ1) is 22.0. The van der Waals surface area contributed by atoms with Crippen molar-refractivity contribution < 1.29 is 37.3 Å². The largest absolute Gasteiger partial charge is 0.471 e. The van der Waals surface area contributed by atoms with Crippen LogP contribution in [-0.2, 0) is 9.47 Å². The van der Waals surface area contributed by atoms with E-state index in [1.54, 1.807) is 52.5 Å². The molecule has 11 nitrogen and oxygen atoms in total. The third-order valence-electron chi connectivity index (χ3n) is 7.32. The van der Waals surface area contributed by atoms with Crippen LogP contribution in [0.1, 0.15) is 60.5 Å². The molecule has 2 unspecified atom stereocenters. The number of thiophene rings is 1. The fraction of sp³-hybridized carbons (Fsp3) is 0.424. The number of fused-ring (bicyclic) bond motifs is 2. The second-order valence-electron chi connectivity index (χ2n) is 13.0. The van der Waals surface area contributed by atoms with Crippen molar-refractivity contribution >= 4 is 49.5 Å². The molecule has 0 bridgehead atoms. The van der Waals surface area contributed by atoms with Gasteiger partial charge >= 0.3 is 18.2 Å². The number of carbonyl (C=O) groups excluding carboxylic acids is 2. The summed E-state index contributed by atoms with van der Waals surface area (Å²) in [7, 11) is 1.34. The molecule has 2 atom stereocenters. The van der Waals surface area contributed by atoms with Crippen LogP contribution in [0.3, 0.4) is 0 Å². The molecule has 0 aliphatic carbocycles. The number of methoxy groups -OCH3 is 1. The number of aromatic nitrogens is 2. The van der Waals surface area contributed by atoms with Gasteiger partial charge in [0, 0.05) is 23.9 Å². The number of nitriles is 1. The fourth-order valence-corrected chi connectivity index (χ4v) is 6.35. The van der Waals surface area contributed by atoms with E-state index >= 15 is 8.78 Å². The number of likely N-dealkylation sites (tertiary alicyclic amines) is 1. The summed E-state index contributed by atoms with van der Waals surface area (Å²) in [6, 6.07) is 7.08. The molecule has 3 heterocycles. The molecule has 0 radical (unpaired) electrons. The van der Waals surface area contributed by atoms with Crippen molar-refractivity contribution in [2.75, 3.05) is 19.0 Å². The highest BCUT2D eigenvalue weighted by atomic mass is 32.1. The Kier molecular flexibility index (Phi) is 8.89. The molecule has 5 rings (SSSR count). The van der Waals surface area contributed by atoms with Crippen LogP contribution in [-0.4, -0.2) is 64.1 Å². The molecule has 2 aromatic heterocycles. The fourth-order valence-electron chi connectivity index (χ4n) is 5.28. The Bertz CT molecular complexity index is 1930. The molecule has 1 fully saturated rings. The van der Waals surface area contributed by atoms with Crippen molar-refractivity contribution in [1.29, 1.82) is 5.26 Å². The number of halogens is 2. The van der Waals surface area contributed by atoms with Gasteiger partial charge in [0.05, 0.1) is 28.8 Å². The molecular formula is C33H35F2N5O6S. The Balaban J connectivity index is 1.55. The third-order valence-corrected chi connectivity index (χ3v) is 8.43. The maximum absolute atomic E-state index is 16.5. The summed E-state index contributed by atoms with van der Waals surface area (Å²) in [4.78, 5) is 35.4. The summed E-state index contributed by atoms with van der Waals surface area (Å²) in [5.41, 5.74) is -1.40. The zero-order valence-electron chi connectivity index (χ0n) is 27.3. The molecule has 1 saturated heterocycles. The SMILES string of the molecule is COc1nc(OC2CCN(C(=O)OC(C)(C)C)C2C)c2ccc(-c3ccc(F)c4sc(NC(=O)OC(C)(C)C)c(C#N)c34)c(F)c2n1. The van der Waals surface area contributed by atoms with Crippen LogP contribution in [0.5, 0.6) is 11.9 Å². The lowest BCUT2D eigenvalue weighted by molar-refractivity contribution is 0.0190. The first-order valence-corrected chi connectivity index (χ1v) is 15.7. The highest BCUT2D eigenvalue weighted by Crippen LogP contribution is 2.44. The average Bonchev–Trinajstić information content (AvgIpc) is 3.52. The monoisotopic (exact) mass is 667 g/mol. The number of rotatable bonds is 5. The Morgan fingerprint density at radius 1 is 1.04 bits per heavy atom. The van der Waals surface area contributed by atoms with Gasteiger partial charge in [-0.3, -0.25) is 5.32 Å². The standard InChI is InChI=1S/C33H35F2N5O6S/c1-16-22(13-14-40(16)31(42)46-33(5,6)7)44-27-19-10-9-18(24(35)25(19)37-29(38-27)43-8)17-11-12-21(34)26-23(17)20(15-36)28(47-26)39-30(41)45-32(2,3)4/h9-12,16,22H,13-14H2,1-8H3,(H,39,41). The lowest BCUT2D eigenvalue weighted by atomic mass is 9.97. The average molecular weight is 668 g/mol. The van der Waals surface area contributed by atoms with Crippen LogP contribution in [0.4, 0.5) is 23.4 Å². The van der Waals surface area contributed by atoms with Gasteiger partial charge in [0.1, 0.15) is 39.7 Å². The molecule has 2 aromatic carbocycles. The van der Waals surface area contributed by atoms with Gasteiger partial charge in [-0.1, -0.05) is 12.1 Å². The number of amides is 2. The molecule has 0 spiro atoms. The summed E-state index contributed by atoms with van der Waals surface area (Å²) in [5, 5.41) is 13.0. The maximum atomic E-state index is 16.5. The Morgan fingerprint density at radius 2 is 1.72 bits per heavy atom. The summed E-state index contributed by atoms with van der Waals surface area (Å²) in [5.74, 6) is -1.37. The Labute approximate surface area is 274 Å². The van der Waals surface area contributed by atoms with Crippen LogP contribution < -0.4 is 14.8 Å². The van der Waals surface area contributed by atoms with E-state index in [1.807, 2.05) is 13.0 Å². The van der Waals surface area contributed by atoms with Gasteiger partial charge in [-0.25, -0.2) is 18.4 Å². The van der Waals surface area contributed by atoms with Gasteiger partial charge < -0.3 is 23.8 Å². The molecule has 0 saturated carbocycles. The molecule has 1 aliphatic rings. The second kappa shape index (κ2) is 12.4. The summed E-state index contributed by atoms with van der Waals surface area (Å²) < 4.78 is 54.0. The summed E-state index contributed by atoms with van der Waals surface area (Å²) >= 11 is 0.845. The molecule has 2 amide bonds. The number of nitrogens with one attached hydrogen (secondary N) is 1. The number of carbonyl (C=O) groups is 2. The normalized spacial score (nSPS) is 16.7. The van der Waals surface area contributed by atoms with E-state index in [9.17, 15) is 14.9 Å². The molecular weight excluding hydrogens is 632 g/mol. The van der Waals surface area contributed by atoms with Gasteiger partial charge in [0.25, 0.3) is 0 Å². The molecule has 4 aromatic rings. The predicted octanol–water partition coefficient (Wildman–Crippen LogP) is 7.79. The predicted molar refractivity (Wildman–Crippen MR) is 173 cm³/mol. The molecule has 1 aliphatic heterocycles. The molecule has 248 valence electrons. The van der Waals surface area contributed by atoms with E-state index in [4.69, 9.17) is 18.9 Å². The Hall–Kier alpha value is -4.77. The van der Waals surface area contributed by atoms with Crippen LogP contribution in [0, 0.1) is 23.0 Å². The van der Waals surface area contributed by atoms with E-state index < -0.39 is 41.1 Å². The molecule has 14 heteroatoms. The quantitative estimate of drug-likeness (QED) is 0.226. The lowest BCUT2D eigenvalue weighted by Crippen LogP contribution is -2.42. The number of nitrogens with zero attached hydrogens (tertiary/aromatic N) is 4. The van der Waals surface area contributed by atoms with Crippen LogP contribution >= 0.6 is 11.3 Å². The van der Waals surface area contributed by atoms with Crippen molar-refractivity contribution in [3.63, 3.8) is 0 Å². The van der Waals surface area contributed by atoms with Gasteiger partial charge in [0.2, 0.25) is 5.88 Å². The highest BCUT2D eigenvalue weighted by Gasteiger charge is 2.38. The minimum absolute atomic E-state index is 0.0256. The first-order valence-electron chi connectivity index (χ1n) is 14.9. The lowest BCUT2D eigenvalue weighted by Gasteiger charge is -2.28. The zero-order valence-corrected chi connectivity index (χ0v) is 28.1. The van der Waals surface area contributed by atoms with Crippen molar-refractivity contribution in [1.82, 2.24) is 14.9 Å². The van der Waals surface area contributed by atoms with E-state index in [0.717, 1.165) is 11.3 Å². The molecule has 1 N–H and O–H groups in total. The van der Waals surface area contributed by atoms with Gasteiger partial charge in [-0.15, -0.1) is 11.3 Å². The van der Waals surface area contributed by atoms with Gasteiger partial charge in [0.15, 0.2) is 5.82 Å². The van der Waals surface area contributed by atoms with Crippen molar-refractivity contribution in [2.45, 2.75) is 78.2 Å². The maximum Gasteiger partial charge on any atom is 0.412 e. The van der Waals surface area contributed by atoms with E-state index in [0.29, 0.717) is 13.0 Å². The van der Waals surface area contributed by atoms with Crippen molar-refractivity contribution in [2.24, 2.45) is 0 Å². The van der Waals surface area contributed by atoms with Crippen LogP contribution in [0.15, 0.2) is 24.3 Å². The van der Waals surface area contributed by atoms with E-state index in [2.05, 4.69) is 15.3 Å². The number of anilines is 1. The smallest absolute Gasteiger partial charge is 0.412 e. The van der Waals surface area contributed by atoms with E-state index in [1.165, 1.54) is 25.3 Å². The van der Waals surface area contributed by atoms with E-state index in [-0.39, 0.29) is 60.6 Å². The van der Waals surface area contributed by atoms with Crippen molar-refractivity contribution in [3.05, 3.63) is 41.5 Å². The third kappa shape index (κ3) is 6.85. The highest BCUT2D eigenvalue weighted by molar-refractivity contribution is 7.23. The van der Waals surface area contributed by atoms with Gasteiger partial charge in [-0.2, -0.15) is 15.2 Å². The minimum Gasteiger partial charge on any atom is -0.471 e.